The maximum atomic E-state index is 13.0. The van der Waals surface area contributed by atoms with E-state index in [1.54, 1.807) is 18.2 Å². The lowest BCUT2D eigenvalue weighted by molar-refractivity contribution is -0.105. The van der Waals surface area contributed by atoms with Crippen molar-refractivity contribution >= 4 is 21.9 Å². The lowest BCUT2D eigenvalue weighted by atomic mass is 10.1. The van der Waals surface area contributed by atoms with Gasteiger partial charge in [-0.2, -0.15) is 0 Å². The maximum absolute atomic E-state index is 13.0. The zero-order valence-corrected chi connectivity index (χ0v) is 23.6. The summed E-state index contributed by atoms with van der Waals surface area (Å²) >= 11 is 0. The van der Waals surface area contributed by atoms with Crippen LogP contribution < -0.4 is 10.6 Å². The number of benzene rings is 2. The number of aryl methyl sites for hydroxylation is 1. The van der Waals surface area contributed by atoms with Gasteiger partial charge in [-0.05, 0) is 80.8 Å². The van der Waals surface area contributed by atoms with Crippen molar-refractivity contribution in [2.45, 2.75) is 86.9 Å². The first-order valence-electron chi connectivity index (χ1n) is 14.2. The van der Waals surface area contributed by atoms with E-state index in [1.807, 2.05) is 18.2 Å². The number of aliphatic hydroxyl groups excluding tert-OH is 1. The predicted molar refractivity (Wildman–Crippen MR) is 154 cm³/mol. The van der Waals surface area contributed by atoms with E-state index >= 15 is 0 Å². The van der Waals surface area contributed by atoms with E-state index in [2.05, 4.69) is 10.6 Å². The number of phenols is 1. The van der Waals surface area contributed by atoms with Gasteiger partial charge in [0.15, 0.2) is 9.84 Å². The molecule has 1 amide bonds. The quantitative estimate of drug-likeness (QED) is 0.109. The highest BCUT2D eigenvalue weighted by molar-refractivity contribution is 7.92. The fourth-order valence-electron chi connectivity index (χ4n) is 5.09. The summed E-state index contributed by atoms with van der Waals surface area (Å²) in [6, 6.07) is 12.1. The van der Waals surface area contributed by atoms with Crippen molar-refractivity contribution in [1.29, 1.82) is 0 Å². The lowest BCUT2D eigenvalue weighted by Crippen LogP contribution is -2.22. The Labute approximate surface area is 233 Å². The summed E-state index contributed by atoms with van der Waals surface area (Å²) < 4.78 is 31.9. The minimum absolute atomic E-state index is 0.0387. The SMILES string of the molecule is O=CNc1cc([C@@H](O)CNCCCCCCOCCCCc2ccccc2S(=O)(=O)C2CCCC2)ccc1O. The van der Waals surface area contributed by atoms with E-state index in [0.29, 0.717) is 30.0 Å². The van der Waals surface area contributed by atoms with Gasteiger partial charge in [0.1, 0.15) is 5.75 Å². The molecule has 4 N–H and O–H groups in total. The molecule has 216 valence electrons. The molecule has 1 atom stereocenters. The number of nitrogens with one attached hydrogen (secondary N) is 2. The third kappa shape index (κ3) is 9.90. The number of unbranched alkanes of at least 4 members (excludes halogenated alkanes) is 4. The number of hydrogen-bond acceptors (Lipinski definition) is 7. The van der Waals surface area contributed by atoms with Gasteiger partial charge < -0.3 is 25.6 Å². The van der Waals surface area contributed by atoms with Gasteiger partial charge in [0.05, 0.1) is 21.9 Å². The Hall–Kier alpha value is -2.46. The number of anilines is 1. The fourth-order valence-corrected chi connectivity index (χ4v) is 7.21. The minimum atomic E-state index is -3.23. The third-order valence-electron chi connectivity index (χ3n) is 7.35. The number of rotatable bonds is 19. The summed E-state index contributed by atoms with van der Waals surface area (Å²) in [4.78, 5) is 11.1. The molecule has 2 aromatic carbocycles. The van der Waals surface area contributed by atoms with E-state index in [1.165, 1.54) is 6.07 Å². The Morgan fingerprint density at radius 3 is 2.46 bits per heavy atom. The Balaban J connectivity index is 1.20. The lowest BCUT2D eigenvalue weighted by Gasteiger charge is -2.15. The molecule has 0 radical (unpaired) electrons. The van der Waals surface area contributed by atoms with Gasteiger partial charge in [-0.1, -0.05) is 49.9 Å². The van der Waals surface area contributed by atoms with Crippen LogP contribution in [0.25, 0.3) is 0 Å². The minimum Gasteiger partial charge on any atom is -0.506 e. The summed E-state index contributed by atoms with van der Waals surface area (Å²) in [6.07, 6.45) is 10.1. The molecule has 1 aliphatic carbocycles. The molecule has 0 saturated heterocycles. The number of amides is 1. The highest BCUT2D eigenvalue weighted by Crippen LogP contribution is 2.31. The molecule has 0 aromatic heterocycles. The van der Waals surface area contributed by atoms with Gasteiger partial charge in [0, 0.05) is 19.8 Å². The zero-order valence-electron chi connectivity index (χ0n) is 22.8. The molecule has 0 unspecified atom stereocenters. The van der Waals surface area contributed by atoms with Crippen LogP contribution in [0.5, 0.6) is 5.75 Å². The van der Waals surface area contributed by atoms with Gasteiger partial charge in [-0.15, -0.1) is 0 Å². The second-order valence-corrected chi connectivity index (χ2v) is 12.5. The van der Waals surface area contributed by atoms with E-state index in [9.17, 15) is 23.4 Å². The molecular weight excluding hydrogens is 516 g/mol. The largest absolute Gasteiger partial charge is 0.506 e. The van der Waals surface area contributed by atoms with Gasteiger partial charge in [0.25, 0.3) is 0 Å². The standard InChI is InChI=1S/C30H44N2O6S/c33-23-32-27-21-25(16-17-28(27)34)29(35)22-31-18-8-1-2-9-19-38-20-10-7-12-24-11-3-6-15-30(24)39(36,37)26-13-4-5-14-26/h3,6,11,15-17,21,23,26,29,31,34-35H,1-2,4-5,7-10,12-14,18-20,22H2,(H,32,33)/t29-/m0/s1. The molecule has 3 rings (SSSR count). The number of aliphatic hydroxyl groups is 1. The highest BCUT2D eigenvalue weighted by atomic mass is 32.2. The first-order chi connectivity index (χ1) is 18.9. The number of ether oxygens (including phenoxy) is 1. The molecule has 0 aliphatic heterocycles. The van der Waals surface area contributed by atoms with Crippen molar-refractivity contribution in [1.82, 2.24) is 5.32 Å². The number of phenolic OH excluding ortho intramolecular Hbond substituents is 1. The number of sulfone groups is 1. The van der Waals surface area contributed by atoms with Crippen LogP contribution in [0.1, 0.15) is 81.4 Å². The molecular formula is C30H44N2O6S. The molecule has 9 heteroatoms. The van der Waals surface area contributed by atoms with Crippen molar-refractivity contribution in [3.8, 4) is 5.75 Å². The number of carbonyl (C=O) groups is 1. The van der Waals surface area contributed by atoms with E-state index in [4.69, 9.17) is 4.74 Å². The Morgan fingerprint density at radius 1 is 0.974 bits per heavy atom. The second-order valence-electron chi connectivity index (χ2n) is 10.3. The van der Waals surface area contributed by atoms with Crippen LogP contribution in [0.4, 0.5) is 5.69 Å². The zero-order chi connectivity index (χ0) is 27.9. The number of aromatic hydroxyl groups is 1. The number of carbonyl (C=O) groups excluding carboxylic acids is 1. The maximum Gasteiger partial charge on any atom is 0.211 e. The molecule has 2 aromatic rings. The van der Waals surface area contributed by atoms with Crippen LogP contribution in [0, 0.1) is 0 Å². The fraction of sp³-hybridized carbons (Fsp3) is 0.567. The second kappa shape index (κ2) is 16.6. The smallest absolute Gasteiger partial charge is 0.211 e. The van der Waals surface area contributed by atoms with Crippen molar-refractivity contribution < 1.29 is 28.2 Å². The van der Waals surface area contributed by atoms with Gasteiger partial charge in [-0.3, -0.25) is 4.79 Å². The van der Waals surface area contributed by atoms with Crippen molar-refractivity contribution in [3.05, 3.63) is 53.6 Å². The summed E-state index contributed by atoms with van der Waals surface area (Å²) in [6.45, 7) is 2.62. The molecule has 8 nitrogen and oxygen atoms in total. The number of hydrogen-bond donors (Lipinski definition) is 4. The van der Waals surface area contributed by atoms with E-state index in [-0.39, 0.29) is 16.7 Å². The van der Waals surface area contributed by atoms with Crippen LogP contribution in [0.15, 0.2) is 47.4 Å². The van der Waals surface area contributed by atoms with Crippen molar-refractivity contribution in [2.75, 3.05) is 31.6 Å². The normalized spacial score (nSPS) is 14.9. The molecule has 0 heterocycles. The Bertz CT molecular complexity index is 1120. The first kappa shape index (κ1) is 31.1. The predicted octanol–water partition coefficient (Wildman–Crippen LogP) is 4.90. The third-order valence-corrected chi connectivity index (χ3v) is 9.72. The van der Waals surface area contributed by atoms with Crippen LogP contribution in [0.2, 0.25) is 0 Å². The molecule has 0 bridgehead atoms. The Kier molecular flexibility index (Phi) is 13.2. The summed E-state index contributed by atoms with van der Waals surface area (Å²) in [5.74, 6) is -0.0387. The van der Waals surface area contributed by atoms with Crippen molar-refractivity contribution in [3.63, 3.8) is 0 Å². The summed E-state index contributed by atoms with van der Waals surface area (Å²) in [5.41, 5.74) is 1.84. The molecule has 1 fully saturated rings. The summed E-state index contributed by atoms with van der Waals surface area (Å²) in [7, 11) is -3.23. The monoisotopic (exact) mass is 560 g/mol. The molecule has 0 spiro atoms. The average molecular weight is 561 g/mol. The highest BCUT2D eigenvalue weighted by Gasteiger charge is 2.31. The van der Waals surface area contributed by atoms with Gasteiger partial charge in [-0.25, -0.2) is 8.42 Å². The van der Waals surface area contributed by atoms with E-state index < -0.39 is 15.9 Å². The van der Waals surface area contributed by atoms with Gasteiger partial charge in [0.2, 0.25) is 6.41 Å². The molecule has 1 aliphatic rings. The molecule has 1 saturated carbocycles. The molecule has 39 heavy (non-hydrogen) atoms. The van der Waals surface area contributed by atoms with Crippen LogP contribution in [0.3, 0.4) is 0 Å². The van der Waals surface area contributed by atoms with E-state index in [0.717, 1.165) is 89.3 Å². The average Bonchev–Trinajstić information content (AvgIpc) is 3.49. The van der Waals surface area contributed by atoms with Crippen LogP contribution in [-0.2, 0) is 25.8 Å². The van der Waals surface area contributed by atoms with Gasteiger partial charge >= 0.3 is 0 Å². The van der Waals surface area contributed by atoms with Crippen LogP contribution >= 0.6 is 0 Å². The summed E-state index contributed by atoms with van der Waals surface area (Å²) in [5, 5.41) is 25.5. The Morgan fingerprint density at radius 2 is 1.69 bits per heavy atom. The topological polar surface area (TPSA) is 125 Å². The van der Waals surface area contributed by atoms with Crippen LogP contribution in [-0.4, -0.2) is 56.6 Å². The first-order valence-corrected chi connectivity index (χ1v) is 15.8. The van der Waals surface area contributed by atoms with Crippen molar-refractivity contribution in [2.24, 2.45) is 0 Å².